The molecule has 0 spiro atoms. The molecule has 1 aliphatic heterocycles. The molecule has 9 heteroatoms. The number of nitrogens with one attached hydrogen (secondary N) is 1. The highest BCUT2D eigenvalue weighted by Gasteiger charge is 2.29. The van der Waals surface area contributed by atoms with Gasteiger partial charge in [0.05, 0.1) is 17.9 Å². The number of rotatable bonds is 6. The molecule has 2 atom stereocenters. The summed E-state index contributed by atoms with van der Waals surface area (Å²) in [5.74, 6) is 0.167. The van der Waals surface area contributed by atoms with Crippen LogP contribution in [-0.4, -0.2) is 48.2 Å². The van der Waals surface area contributed by atoms with Gasteiger partial charge in [0.2, 0.25) is 0 Å². The first-order chi connectivity index (χ1) is 13.5. The molecule has 0 radical (unpaired) electrons. The van der Waals surface area contributed by atoms with Crippen molar-refractivity contribution < 1.29 is 33.4 Å². The molecule has 0 bridgehead atoms. The predicted octanol–water partition coefficient (Wildman–Crippen LogP) is 2.52. The molecule has 2 N–H and O–H groups in total. The van der Waals surface area contributed by atoms with E-state index in [0.717, 1.165) is 5.56 Å². The van der Waals surface area contributed by atoms with Gasteiger partial charge in [-0.2, -0.15) is 0 Å². The highest BCUT2D eigenvalue weighted by atomic mass is 16.6. The summed E-state index contributed by atoms with van der Waals surface area (Å²) < 4.78 is 21.6. The highest BCUT2D eigenvalue weighted by Crippen LogP contribution is 2.29. The number of hydrogen-bond donors (Lipinski definition) is 2. The van der Waals surface area contributed by atoms with Gasteiger partial charge in [-0.3, -0.25) is 0 Å². The van der Waals surface area contributed by atoms with Gasteiger partial charge < -0.3 is 29.2 Å². The molecule has 1 fully saturated rings. The van der Waals surface area contributed by atoms with E-state index in [-0.39, 0.29) is 12.7 Å². The maximum Gasteiger partial charge on any atom is 0.407 e. The summed E-state index contributed by atoms with van der Waals surface area (Å²) in [4.78, 5) is 22.4. The third-order valence-electron chi connectivity index (χ3n) is 4.47. The van der Waals surface area contributed by atoms with Crippen molar-refractivity contribution in [2.45, 2.75) is 38.6 Å². The van der Waals surface area contributed by atoms with Gasteiger partial charge in [0.15, 0.2) is 11.9 Å². The minimum absolute atomic E-state index is 0.0429. The summed E-state index contributed by atoms with van der Waals surface area (Å²) in [6, 6.07) is 7.18. The van der Waals surface area contributed by atoms with Crippen molar-refractivity contribution in [1.29, 1.82) is 0 Å². The highest BCUT2D eigenvalue weighted by molar-refractivity contribution is 5.72. The fourth-order valence-corrected chi connectivity index (χ4v) is 2.92. The maximum atomic E-state index is 11.3. The molecule has 1 saturated heterocycles. The lowest BCUT2D eigenvalue weighted by Crippen LogP contribution is -2.37. The number of amides is 1. The van der Waals surface area contributed by atoms with Gasteiger partial charge in [0, 0.05) is 25.5 Å². The van der Waals surface area contributed by atoms with E-state index in [1.54, 1.807) is 19.1 Å². The van der Waals surface area contributed by atoms with Gasteiger partial charge in [0.1, 0.15) is 18.5 Å². The molecule has 3 rings (SSSR count). The molecule has 9 nitrogen and oxygen atoms in total. The van der Waals surface area contributed by atoms with Crippen molar-refractivity contribution in [3.63, 3.8) is 0 Å². The summed E-state index contributed by atoms with van der Waals surface area (Å²) in [6.45, 7) is 2.17. The number of carbonyl (C=O) groups excluding carboxylic acids is 1. The Labute approximate surface area is 161 Å². The number of hydrogen-bond acceptors (Lipinski definition) is 7. The van der Waals surface area contributed by atoms with E-state index in [4.69, 9.17) is 23.8 Å². The van der Waals surface area contributed by atoms with Crippen LogP contribution in [0.25, 0.3) is 11.3 Å². The van der Waals surface area contributed by atoms with Crippen LogP contribution in [0.3, 0.4) is 0 Å². The Morgan fingerprint density at radius 2 is 2.07 bits per heavy atom. The van der Waals surface area contributed by atoms with Crippen molar-refractivity contribution in [2.75, 3.05) is 13.7 Å². The molecule has 0 aliphatic carbocycles. The second kappa shape index (κ2) is 8.75. The standard InChI is InChI=1S/C19H22N2O7/c1-11-15(10-26-19(24)20-2)17(28-21-11)12-3-5-13(6-4-12)27-14-7-8-25-16(9-14)18(22)23/h3-6,14,16H,7-10H2,1-2H3,(H,20,24)(H,22,23)/t14-,16-/m0/s1. The number of aliphatic carboxylic acids is 1. The van der Waals surface area contributed by atoms with Crippen LogP contribution in [0.1, 0.15) is 24.1 Å². The number of ether oxygens (including phenoxy) is 3. The van der Waals surface area contributed by atoms with Crippen LogP contribution < -0.4 is 10.1 Å². The van der Waals surface area contributed by atoms with Crippen molar-refractivity contribution in [3.05, 3.63) is 35.5 Å². The van der Waals surface area contributed by atoms with Crippen LogP contribution in [0, 0.1) is 6.92 Å². The number of carbonyl (C=O) groups is 2. The fourth-order valence-electron chi connectivity index (χ4n) is 2.92. The quantitative estimate of drug-likeness (QED) is 0.772. The van der Waals surface area contributed by atoms with Crippen molar-refractivity contribution in [3.8, 4) is 17.1 Å². The number of benzene rings is 1. The SMILES string of the molecule is CNC(=O)OCc1c(C)noc1-c1ccc(O[C@H]2CCO[C@H](C(=O)O)C2)cc1. The predicted molar refractivity (Wildman–Crippen MR) is 96.9 cm³/mol. The van der Waals surface area contributed by atoms with Crippen molar-refractivity contribution in [1.82, 2.24) is 10.5 Å². The van der Waals surface area contributed by atoms with Crippen LogP contribution in [0.15, 0.2) is 28.8 Å². The first kappa shape index (κ1) is 19.7. The van der Waals surface area contributed by atoms with E-state index in [2.05, 4.69) is 10.5 Å². The molecule has 150 valence electrons. The summed E-state index contributed by atoms with van der Waals surface area (Å²) in [5.41, 5.74) is 2.09. The van der Waals surface area contributed by atoms with Crippen LogP contribution in [0.4, 0.5) is 4.79 Å². The average molecular weight is 390 g/mol. The fraction of sp³-hybridized carbons (Fsp3) is 0.421. The number of alkyl carbamates (subject to hydrolysis) is 1. The summed E-state index contributed by atoms with van der Waals surface area (Å²) in [6.07, 6.45) is -0.651. The number of carboxylic acids is 1. The van der Waals surface area contributed by atoms with E-state index < -0.39 is 18.2 Å². The summed E-state index contributed by atoms with van der Waals surface area (Å²) in [5, 5.41) is 15.4. The van der Waals surface area contributed by atoms with E-state index in [1.165, 1.54) is 7.05 Å². The molecular weight excluding hydrogens is 368 g/mol. The molecule has 28 heavy (non-hydrogen) atoms. The van der Waals surface area contributed by atoms with E-state index >= 15 is 0 Å². The molecule has 1 aromatic carbocycles. The van der Waals surface area contributed by atoms with Gasteiger partial charge in [0.25, 0.3) is 0 Å². The smallest absolute Gasteiger partial charge is 0.407 e. The zero-order valence-electron chi connectivity index (χ0n) is 15.6. The third kappa shape index (κ3) is 4.61. The Kier molecular flexibility index (Phi) is 6.15. The van der Waals surface area contributed by atoms with Crippen LogP contribution in [-0.2, 0) is 20.9 Å². The number of carboxylic acid groups (broad SMARTS) is 1. The zero-order chi connectivity index (χ0) is 20.1. The van der Waals surface area contributed by atoms with Crippen molar-refractivity contribution >= 4 is 12.1 Å². The normalized spacial score (nSPS) is 19.1. The monoisotopic (exact) mass is 390 g/mol. The maximum absolute atomic E-state index is 11.3. The number of nitrogens with zero attached hydrogens (tertiary/aromatic N) is 1. The number of aromatic nitrogens is 1. The van der Waals surface area contributed by atoms with E-state index in [9.17, 15) is 9.59 Å². The largest absolute Gasteiger partial charge is 0.490 e. The molecular formula is C19H22N2O7. The second-order valence-corrected chi connectivity index (χ2v) is 6.39. The molecule has 1 aliphatic rings. The Bertz CT molecular complexity index is 831. The summed E-state index contributed by atoms with van der Waals surface area (Å²) in [7, 11) is 1.49. The van der Waals surface area contributed by atoms with E-state index in [1.807, 2.05) is 12.1 Å². The van der Waals surface area contributed by atoms with Gasteiger partial charge >= 0.3 is 12.1 Å². The second-order valence-electron chi connectivity index (χ2n) is 6.39. The van der Waals surface area contributed by atoms with Crippen LogP contribution >= 0.6 is 0 Å². The number of aryl methyl sites for hydroxylation is 1. The Hall–Kier alpha value is -3.07. The van der Waals surface area contributed by atoms with Gasteiger partial charge in [-0.1, -0.05) is 5.16 Å². The van der Waals surface area contributed by atoms with Crippen LogP contribution in [0.2, 0.25) is 0 Å². The molecule has 1 amide bonds. The van der Waals surface area contributed by atoms with E-state index in [0.29, 0.717) is 42.2 Å². The topological polar surface area (TPSA) is 120 Å². The minimum Gasteiger partial charge on any atom is -0.490 e. The third-order valence-corrected chi connectivity index (χ3v) is 4.47. The van der Waals surface area contributed by atoms with Crippen molar-refractivity contribution in [2.24, 2.45) is 0 Å². The lowest BCUT2D eigenvalue weighted by Gasteiger charge is -2.27. The van der Waals surface area contributed by atoms with Gasteiger partial charge in [-0.05, 0) is 31.2 Å². The molecule has 2 heterocycles. The zero-order valence-corrected chi connectivity index (χ0v) is 15.6. The average Bonchev–Trinajstić information content (AvgIpc) is 3.07. The first-order valence-electron chi connectivity index (χ1n) is 8.89. The molecule has 1 aromatic heterocycles. The lowest BCUT2D eigenvalue weighted by atomic mass is 10.1. The minimum atomic E-state index is -0.976. The Morgan fingerprint density at radius 3 is 2.75 bits per heavy atom. The lowest BCUT2D eigenvalue weighted by molar-refractivity contribution is -0.156. The Balaban J connectivity index is 1.68. The Morgan fingerprint density at radius 1 is 1.32 bits per heavy atom. The van der Waals surface area contributed by atoms with Crippen LogP contribution in [0.5, 0.6) is 5.75 Å². The van der Waals surface area contributed by atoms with Gasteiger partial charge in [-0.25, -0.2) is 9.59 Å². The summed E-state index contributed by atoms with van der Waals surface area (Å²) >= 11 is 0. The van der Waals surface area contributed by atoms with Gasteiger partial charge in [-0.15, -0.1) is 0 Å². The molecule has 2 aromatic rings. The molecule has 0 saturated carbocycles. The molecule has 0 unspecified atom stereocenters. The first-order valence-corrected chi connectivity index (χ1v) is 8.89.